The summed E-state index contributed by atoms with van der Waals surface area (Å²) in [7, 11) is 2.36. The van der Waals surface area contributed by atoms with Crippen LogP contribution in [0.1, 0.15) is 44.4 Å². The highest BCUT2D eigenvalue weighted by Gasteiger charge is 2.52. The first-order chi connectivity index (χ1) is 11.5. The van der Waals surface area contributed by atoms with Gasteiger partial charge in [-0.05, 0) is 58.1 Å². The number of hydrogen-bond acceptors (Lipinski definition) is 5. The van der Waals surface area contributed by atoms with Crippen LogP contribution in [0.25, 0.3) is 5.57 Å². The summed E-state index contributed by atoms with van der Waals surface area (Å²) in [6.45, 7) is 12.0. The van der Waals surface area contributed by atoms with E-state index >= 15 is 0 Å². The molecule has 25 heavy (non-hydrogen) atoms. The zero-order valence-corrected chi connectivity index (χ0v) is 16.4. The van der Waals surface area contributed by atoms with Crippen LogP contribution in [-0.2, 0) is 23.6 Å². The topological polar surface area (TPSA) is 54.0 Å². The first-order valence-corrected chi connectivity index (χ1v) is 8.32. The van der Waals surface area contributed by atoms with E-state index in [1.165, 1.54) is 20.5 Å². The van der Waals surface area contributed by atoms with Gasteiger partial charge < -0.3 is 18.8 Å². The van der Waals surface area contributed by atoms with Gasteiger partial charge in [-0.1, -0.05) is 17.7 Å². The van der Waals surface area contributed by atoms with Crippen molar-refractivity contribution in [2.24, 2.45) is 0 Å². The second kappa shape index (κ2) is 6.85. The number of carbonyl (C=O) groups excluding carboxylic acids is 1. The van der Waals surface area contributed by atoms with Crippen molar-refractivity contribution in [2.45, 2.75) is 52.7 Å². The number of ether oxygens (including phenoxy) is 2. The first-order valence-electron chi connectivity index (χ1n) is 8.32. The normalized spacial score (nSPS) is 19.0. The molecule has 1 aromatic rings. The van der Waals surface area contributed by atoms with Gasteiger partial charge in [-0.2, -0.15) is 0 Å². The second-order valence-corrected chi connectivity index (χ2v) is 7.37. The van der Waals surface area contributed by atoms with Crippen molar-refractivity contribution in [3.8, 4) is 0 Å². The van der Waals surface area contributed by atoms with Gasteiger partial charge in [0.1, 0.15) is 5.57 Å². The molecule has 0 unspecified atom stereocenters. The van der Waals surface area contributed by atoms with E-state index in [1.54, 1.807) is 0 Å². The van der Waals surface area contributed by atoms with Crippen LogP contribution in [0.4, 0.5) is 0 Å². The van der Waals surface area contributed by atoms with Crippen molar-refractivity contribution in [1.82, 2.24) is 0 Å². The third kappa shape index (κ3) is 3.60. The molecule has 0 amide bonds. The van der Waals surface area contributed by atoms with Gasteiger partial charge in [0.25, 0.3) is 0 Å². The minimum atomic E-state index is -0.495. The quantitative estimate of drug-likeness (QED) is 0.363. The summed E-state index contributed by atoms with van der Waals surface area (Å²) in [6, 6.07) is 3.94. The zero-order chi connectivity index (χ0) is 19.0. The van der Waals surface area contributed by atoms with E-state index in [9.17, 15) is 4.79 Å². The van der Waals surface area contributed by atoms with E-state index in [2.05, 4.69) is 0 Å². The van der Waals surface area contributed by atoms with Gasteiger partial charge in [0.05, 0.1) is 31.7 Å². The van der Waals surface area contributed by atoms with Gasteiger partial charge in [0, 0.05) is 0 Å². The van der Waals surface area contributed by atoms with Crippen molar-refractivity contribution in [1.29, 1.82) is 0 Å². The Kier molecular flexibility index (Phi) is 5.35. The van der Waals surface area contributed by atoms with Crippen LogP contribution in [0.2, 0.25) is 0 Å². The van der Waals surface area contributed by atoms with E-state index in [0.717, 1.165) is 22.2 Å². The summed E-state index contributed by atoms with van der Waals surface area (Å²) in [4.78, 5) is 12.1. The smallest absolute Gasteiger partial charge is 0.495 e. The lowest BCUT2D eigenvalue weighted by Crippen LogP contribution is -2.41. The molecule has 0 spiro atoms. The molecule has 0 aromatic heterocycles. The second-order valence-electron chi connectivity index (χ2n) is 7.37. The van der Waals surface area contributed by atoms with Gasteiger partial charge in [-0.3, -0.25) is 0 Å². The van der Waals surface area contributed by atoms with Crippen LogP contribution in [0.3, 0.4) is 0 Å². The van der Waals surface area contributed by atoms with Crippen LogP contribution in [0, 0.1) is 13.8 Å². The Bertz CT molecular complexity index is 690. The van der Waals surface area contributed by atoms with Gasteiger partial charge in [0.15, 0.2) is 0 Å². The van der Waals surface area contributed by atoms with Crippen molar-refractivity contribution in [3.05, 3.63) is 35.1 Å². The van der Waals surface area contributed by atoms with Crippen LogP contribution in [-0.4, -0.2) is 38.5 Å². The summed E-state index contributed by atoms with van der Waals surface area (Å²) >= 11 is 0. The van der Waals surface area contributed by atoms with E-state index < -0.39 is 24.3 Å². The Balaban J connectivity index is 2.52. The molecule has 0 radical (unpaired) electrons. The van der Waals surface area contributed by atoms with E-state index in [-0.39, 0.29) is 0 Å². The minimum absolute atomic E-state index is 0.361. The predicted molar refractivity (Wildman–Crippen MR) is 98.6 cm³/mol. The number of esters is 1. The summed E-state index contributed by atoms with van der Waals surface area (Å²) in [5.74, 6) is -0.450. The molecule has 1 saturated heterocycles. The molecule has 0 atom stereocenters. The third-order valence-corrected chi connectivity index (χ3v) is 5.05. The number of methoxy groups -OCH3 is 2. The fourth-order valence-corrected chi connectivity index (χ4v) is 2.83. The lowest BCUT2D eigenvalue weighted by atomic mass is 9.74. The van der Waals surface area contributed by atoms with Crippen molar-refractivity contribution < 1.29 is 23.6 Å². The van der Waals surface area contributed by atoms with Gasteiger partial charge >= 0.3 is 13.1 Å². The Labute approximate surface area is 150 Å². The standard InChI is InChI=1S/C19H27BO5/c1-12-9-13(2)16(20-24-18(3,4)19(5,6)25-20)10-14(12)15(11-22-7)17(21)23-8/h9-11H,1-8H3/b15-11+. The number of hydrogen-bond donors (Lipinski definition) is 0. The molecule has 2 rings (SSSR count). The van der Waals surface area contributed by atoms with E-state index in [4.69, 9.17) is 18.8 Å². The average Bonchev–Trinajstić information content (AvgIpc) is 2.72. The summed E-state index contributed by atoms with van der Waals surface area (Å²) in [5, 5.41) is 0. The van der Waals surface area contributed by atoms with Crippen molar-refractivity contribution in [3.63, 3.8) is 0 Å². The summed E-state index contributed by atoms with van der Waals surface area (Å²) in [5.41, 5.74) is 3.13. The molecule has 1 aromatic carbocycles. The number of benzene rings is 1. The number of rotatable bonds is 4. The minimum Gasteiger partial charge on any atom is -0.503 e. The van der Waals surface area contributed by atoms with E-state index in [0.29, 0.717) is 5.57 Å². The van der Waals surface area contributed by atoms with E-state index in [1.807, 2.05) is 53.7 Å². The Hall–Kier alpha value is -1.79. The van der Waals surface area contributed by atoms with Gasteiger partial charge in [-0.15, -0.1) is 0 Å². The highest BCUT2D eigenvalue weighted by Crippen LogP contribution is 2.37. The molecular weight excluding hydrogens is 319 g/mol. The van der Waals surface area contributed by atoms with Crippen LogP contribution in [0.5, 0.6) is 0 Å². The third-order valence-electron chi connectivity index (χ3n) is 5.05. The lowest BCUT2D eigenvalue weighted by molar-refractivity contribution is -0.133. The van der Waals surface area contributed by atoms with Crippen molar-refractivity contribution >= 4 is 24.1 Å². The molecule has 1 aliphatic heterocycles. The molecule has 0 bridgehead atoms. The Morgan fingerprint density at radius 3 is 2.08 bits per heavy atom. The summed E-state index contributed by atoms with van der Waals surface area (Å²) < 4.78 is 22.3. The largest absolute Gasteiger partial charge is 0.503 e. The highest BCUT2D eigenvalue weighted by molar-refractivity contribution is 6.62. The molecule has 6 heteroatoms. The molecule has 5 nitrogen and oxygen atoms in total. The van der Waals surface area contributed by atoms with Crippen LogP contribution < -0.4 is 5.46 Å². The molecule has 136 valence electrons. The molecule has 1 heterocycles. The van der Waals surface area contributed by atoms with Crippen LogP contribution >= 0.6 is 0 Å². The molecule has 0 saturated carbocycles. The van der Waals surface area contributed by atoms with Crippen molar-refractivity contribution in [2.75, 3.05) is 14.2 Å². The molecule has 0 N–H and O–H groups in total. The average molecular weight is 346 g/mol. The fraction of sp³-hybridized carbons (Fsp3) is 0.526. The predicted octanol–water partition coefficient (Wildman–Crippen LogP) is 2.76. The molecular formula is C19H27BO5. The SMILES string of the molecule is CO/C=C(/C(=O)OC)c1cc(B2OC(C)(C)C(C)(C)O2)c(C)cc1C. The molecule has 1 fully saturated rings. The summed E-state index contributed by atoms with van der Waals surface area (Å²) in [6.07, 6.45) is 1.40. The Morgan fingerprint density at radius 2 is 1.60 bits per heavy atom. The number of carbonyl (C=O) groups is 1. The van der Waals surface area contributed by atoms with Crippen LogP contribution in [0.15, 0.2) is 18.4 Å². The zero-order valence-electron chi connectivity index (χ0n) is 16.4. The highest BCUT2D eigenvalue weighted by atomic mass is 16.7. The monoisotopic (exact) mass is 346 g/mol. The molecule has 1 aliphatic rings. The Morgan fingerprint density at radius 1 is 1.04 bits per heavy atom. The number of aryl methyl sites for hydroxylation is 2. The maximum atomic E-state index is 12.1. The maximum Gasteiger partial charge on any atom is 0.495 e. The van der Waals surface area contributed by atoms with Gasteiger partial charge in [-0.25, -0.2) is 4.79 Å². The first kappa shape index (κ1) is 19.5. The lowest BCUT2D eigenvalue weighted by Gasteiger charge is -2.32. The maximum absolute atomic E-state index is 12.1. The molecule has 0 aliphatic carbocycles. The fourth-order valence-electron chi connectivity index (χ4n) is 2.83. The van der Waals surface area contributed by atoms with Gasteiger partial charge in [0.2, 0.25) is 0 Å².